The molecule has 1 aliphatic carbocycles. The number of aliphatic hydroxyl groups excluding tert-OH is 1. The van der Waals surface area contributed by atoms with E-state index < -0.39 is 0 Å². The Hall–Kier alpha value is -0.970. The van der Waals surface area contributed by atoms with Crippen LogP contribution in [0, 0.1) is 5.82 Å². The second kappa shape index (κ2) is 7.53. The Morgan fingerprint density at radius 2 is 2.00 bits per heavy atom. The minimum atomic E-state index is -0.158. The fraction of sp³-hybridized carbons (Fsp3) is 0.667. The summed E-state index contributed by atoms with van der Waals surface area (Å²) < 4.78 is 13.3. The minimum absolute atomic E-state index is 0.158. The molecule has 3 rings (SSSR count). The molecular weight excluding hydrogens is 279 g/mol. The Morgan fingerprint density at radius 1 is 1.18 bits per heavy atom. The van der Waals surface area contributed by atoms with E-state index in [2.05, 4.69) is 9.80 Å². The van der Waals surface area contributed by atoms with Gasteiger partial charge in [-0.05, 0) is 37.0 Å². The second-order valence-corrected chi connectivity index (χ2v) is 6.71. The first-order valence-electron chi connectivity index (χ1n) is 8.59. The molecule has 2 aliphatic rings. The van der Waals surface area contributed by atoms with Crippen molar-refractivity contribution in [2.24, 2.45) is 0 Å². The van der Waals surface area contributed by atoms with Gasteiger partial charge in [-0.15, -0.1) is 0 Å². The number of aliphatic hydroxyl groups is 1. The third-order valence-corrected chi connectivity index (χ3v) is 5.16. The molecule has 1 saturated carbocycles. The molecule has 4 heteroatoms. The zero-order valence-corrected chi connectivity index (χ0v) is 13.3. The summed E-state index contributed by atoms with van der Waals surface area (Å²) in [7, 11) is 0. The van der Waals surface area contributed by atoms with Crippen molar-refractivity contribution in [3.05, 3.63) is 35.6 Å². The van der Waals surface area contributed by atoms with Crippen molar-refractivity contribution in [3.8, 4) is 0 Å². The molecule has 1 N–H and O–H groups in total. The molecule has 3 nitrogen and oxygen atoms in total. The standard InChI is InChI=1S/C18H27FN2O/c19-16-5-3-4-15(12-16)13-20-9-10-21(17-6-1-2-7-17)18(14-20)8-11-22/h3-5,12,17-18,22H,1-2,6-11,13-14H2/t18-/m1/s1. The lowest BCUT2D eigenvalue weighted by atomic mass is 10.0. The van der Waals surface area contributed by atoms with Gasteiger partial charge < -0.3 is 5.11 Å². The Balaban J connectivity index is 1.61. The molecule has 1 heterocycles. The van der Waals surface area contributed by atoms with Crippen molar-refractivity contribution < 1.29 is 9.50 Å². The van der Waals surface area contributed by atoms with Gasteiger partial charge in [0.2, 0.25) is 0 Å². The maximum absolute atomic E-state index is 13.3. The number of halogens is 1. The van der Waals surface area contributed by atoms with Crippen LogP contribution in [0.4, 0.5) is 4.39 Å². The van der Waals surface area contributed by atoms with Gasteiger partial charge >= 0.3 is 0 Å². The van der Waals surface area contributed by atoms with Crippen LogP contribution in [0.2, 0.25) is 0 Å². The van der Waals surface area contributed by atoms with Crippen LogP contribution in [-0.2, 0) is 6.54 Å². The predicted octanol–water partition coefficient (Wildman–Crippen LogP) is 2.64. The molecule has 1 saturated heterocycles. The molecule has 0 spiro atoms. The number of piperazine rings is 1. The van der Waals surface area contributed by atoms with Crippen LogP contribution in [-0.4, -0.2) is 53.2 Å². The van der Waals surface area contributed by atoms with E-state index in [-0.39, 0.29) is 12.4 Å². The lowest BCUT2D eigenvalue weighted by Crippen LogP contribution is -2.56. The highest BCUT2D eigenvalue weighted by Gasteiger charge is 2.32. The number of rotatable bonds is 5. The summed E-state index contributed by atoms with van der Waals surface area (Å²) in [6.07, 6.45) is 6.16. The van der Waals surface area contributed by atoms with Crippen LogP contribution in [0.25, 0.3) is 0 Å². The fourth-order valence-corrected chi connectivity index (χ4v) is 4.09. The minimum Gasteiger partial charge on any atom is -0.396 e. The molecule has 0 radical (unpaired) electrons. The van der Waals surface area contributed by atoms with Gasteiger partial charge in [-0.2, -0.15) is 0 Å². The molecule has 1 aromatic carbocycles. The van der Waals surface area contributed by atoms with Gasteiger partial charge in [-0.3, -0.25) is 9.80 Å². The molecule has 0 unspecified atom stereocenters. The van der Waals surface area contributed by atoms with Gasteiger partial charge in [0.05, 0.1) is 0 Å². The molecule has 122 valence electrons. The predicted molar refractivity (Wildman–Crippen MR) is 86.1 cm³/mol. The highest BCUT2D eigenvalue weighted by Crippen LogP contribution is 2.28. The summed E-state index contributed by atoms with van der Waals surface area (Å²) in [6.45, 7) is 4.15. The van der Waals surface area contributed by atoms with E-state index >= 15 is 0 Å². The lowest BCUT2D eigenvalue weighted by molar-refractivity contribution is 0.0267. The average molecular weight is 306 g/mol. The smallest absolute Gasteiger partial charge is 0.123 e. The Morgan fingerprint density at radius 3 is 2.73 bits per heavy atom. The first kappa shape index (κ1) is 15.9. The second-order valence-electron chi connectivity index (χ2n) is 6.71. The monoisotopic (exact) mass is 306 g/mol. The molecule has 2 fully saturated rings. The van der Waals surface area contributed by atoms with Crippen LogP contribution in [0.3, 0.4) is 0 Å². The summed E-state index contributed by atoms with van der Waals surface area (Å²) in [6, 6.07) is 8.06. The Kier molecular flexibility index (Phi) is 5.45. The van der Waals surface area contributed by atoms with E-state index in [0.717, 1.165) is 38.2 Å². The maximum atomic E-state index is 13.3. The van der Waals surface area contributed by atoms with Gasteiger partial charge in [-0.25, -0.2) is 4.39 Å². The quantitative estimate of drug-likeness (QED) is 0.906. The first-order chi connectivity index (χ1) is 10.8. The zero-order valence-electron chi connectivity index (χ0n) is 13.3. The van der Waals surface area contributed by atoms with Gasteiger partial charge in [0.25, 0.3) is 0 Å². The van der Waals surface area contributed by atoms with Crippen LogP contribution in [0.15, 0.2) is 24.3 Å². The fourth-order valence-electron chi connectivity index (χ4n) is 4.09. The average Bonchev–Trinajstić information content (AvgIpc) is 3.02. The highest BCUT2D eigenvalue weighted by atomic mass is 19.1. The van der Waals surface area contributed by atoms with E-state index in [9.17, 15) is 9.50 Å². The number of hydrogen-bond acceptors (Lipinski definition) is 3. The van der Waals surface area contributed by atoms with Crippen LogP contribution in [0.5, 0.6) is 0 Å². The van der Waals surface area contributed by atoms with E-state index in [1.54, 1.807) is 12.1 Å². The van der Waals surface area contributed by atoms with Crippen LogP contribution < -0.4 is 0 Å². The van der Waals surface area contributed by atoms with Crippen molar-refractivity contribution in [1.29, 1.82) is 0 Å². The van der Waals surface area contributed by atoms with Gasteiger partial charge in [0.1, 0.15) is 5.82 Å². The third kappa shape index (κ3) is 3.86. The summed E-state index contributed by atoms with van der Waals surface area (Å²) in [5.74, 6) is -0.158. The van der Waals surface area contributed by atoms with Crippen LogP contribution in [0.1, 0.15) is 37.7 Å². The van der Waals surface area contributed by atoms with E-state index in [1.807, 2.05) is 6.07 Å². The molecule has 0 aromatic heterocycles. The van der Waals surface area contributed by atoms with Crippen molar-refractivity contribution in [2.45, 2.75) is 50.7 Å². The van der Waals surface area contributed by atoms with Crippen molar-refractivity contribution in [3.63, 3.8) is 0 Å². The first-order valence-corrected chi connectivity index (χ1v) is 8.59. The Labute approximate surface area is 132 Å². The SMILES string of the molecule is OCC[C@@H]1CN(Cc2cccc(F)c2)CCN1C1CCCC1. The highest BCUT2D eigenvalue weighted by molar-refractivity contribution is 5.16. The van der Waals surface area contributed by atoms with E-state index in [1.165, 1.54) is 31.7 Å². The molecule has 1 aromatic rings. The molecule has 0 bridgehead atoms. The third-order valence-electron chi connectivity index (χ3n) is 5.16. The summed E-state index contributed by atoms with van der Waals surface area (Å²) in [5, 5.41) is 9.40. The lowest BCUT2D eigenvalue weighted by Gasteiger charge is -2.44. The topological polar surface area (TPSA) is 26.7 Å². The van der Waals surface area contributed by atoms with Crippen LogP contribution >= 0.6 is 0 Å². The summed E-state index contributed by atoms with van der Waals surface area (Å²) in [5.41, 5.74) is 1.04. The normalized spacial score (nSPS) is 24.9. The number of benzene rings is 1. The Bertz CT molecular complexity index is 476. The summed E-state index contributed by atoms with van der Waals surface area (Å²) >= 11 is 0. The summed E-state index contributed by atoms with van der Waals surface area (Å²) in [4.78, 5) is 5.03. The molecule has 22 heavy (non-hydrogen) atoms. The van der Waals surface area contributed by atoms with E-state index in [0.29, 0.717) is 12.1 Å². The van der Waals surface area contributed by atoms with Crippen molar-refractivity contribution >= 4 is 0 Å². The number of nitrogens with zero attached hydrogens (tertiary/aromatic N) is 2. The van der Waals surface area contributed by atoms with Gasteiger partial charge in [0, 0.05) is 44.9 Å². The zero-order chi connectivity index (χ0) is 15.4. The van der Waals surface area contributed by atoms with Gasteiger partial charge in [-0.1, -0.05) is 25.0 Å². The molecule has 0 amide bonds. The van der Waals surface area contributed by atoms with Crippen molar-refractivity contribution in [2.75, 3.05) is 26.2 Å². The maximum Gasteiger partial charge on any atom is 0.123 e. The molecule has 1 aliphatic heterocycles. The van der Waals surface area contributed by atoms with Crippen molar-refractivity contribution in [1.82, 2.24) is 9.80 Å². The van der Waals surface area contributed by atoms with E-state index in [4.69, 9.17) is 0 Å². The molecule has 1 atom stereocenters. The largest absolute Gasteiger partial charge is 0.396 e. The molecular formula is C18H27FN2O. The number of hydrogen-bond donors (Lipinski definition) is 1. The van der Waals surface area contributed by atoms with Gasteiger partial charge in [0.15, 0.2) is 0 Å².